The van der Waals surface area contributed by atoms with Crippen molar-refractivity contribution in [1.82, 2.24) is 0 Å². The van der Waals surface area contributed by atoms with Gasteiger partial charge in [0.15, 0.2) is 0 Å². The highest BCUT2D eigenvalue weighted by atomic mass is 16.1. The summed E-state index contributed by atoms with van der Waals surface area (Å²) in [4.78, 5) is 25.0. The van der Waals surface area contributed by atoms with Gasteiger partial charge in [-0.25, -0.2) is 0 Å². The Morgan fingerprint density at radius 1 is 0.762 bits per heavy atom. The van der Waals surface area contributed by atoms with Crippen molar-refractivity contribution in [2.45, 2.75) is 64.2 Å². The van der Waals surface area contributed by atoms with Gasteiger partial charge in [-0.05, 0) is 18.4 Å². The lowest BCUT2D eigenvalue weighted by Crippen LogP contribution is -2.26. The lowest BCUT2D eigenvalue weighted by Gasteiger charge is -2.23. The molecule has 2 unspecified atom stereocenters. The maximum Gasteiger partial charge on any atom is 0.141 e. The average Bonchev–Trinajstić information content (AvgIpc) is 2.49. The fraction of sp³-hybridized carbons (Fsp3) is 0.579. The van der Waals surface area contributed by atoms with E-state index in [0.717, 1.165) is 31.2 Å². The second kappa shape index (κ2) is 8.11. The molecule has 1 saturated carbocycles. The number of ketones is 2. The molecule has 1 aromatic rings. The number of benzene rings is 1. The molecule has 2 atom stereocenters. The summed E-state index contributed by atoms with van der Waals surface area (Å²) in [5, 5.41) is 0. The van der Waals surface area contributed by atoms with Crippen LogP contribution in [0.2, 0.25) is 0 Å². The Hall–Kier alpha value is -1.44. The van der Waals surface area contributed by atoms with Crippen LogP contribution in [0.3, 0.4) is 0 Å². The van der Waals surface area contributed by atoms with E-state index in [4.69, 9.17) is 0 Å². The summed E-state index contributed by atoms with van der Waals surface area (Å²) < 4.78 is 0. The fourth-order valence-corrected chi connectivity index (χ4v) is 3.29. The number of rotatable bonds is 1. The standard InChI is InChI=1S/C19H26O2/c1-15-17(20)13-9-4-2-3-5-10-14-18(21)19(15)16-11-7-6-8-12-16/h6-8,11-12,15,19H,2-5,9-10,13-14H2,1H3. The highest BCUT2D eigenvalue weighted by Gasteiger charge is 2.30. The smallest absolute Gasteiger partial charge is 0.141 e. The average molecular weight is 286 g/mol. The lowest BCUT2D eigenvalue weighted by molar-refractivity contribution is -0.129. The molecule has 0 amide bonds. The second-order valence-corrected chi connectivity index (χ2v) is 6.23. The number of carbonyl (C=O) groups excluding carboxylic acids is 2. The van der Waals surface area contributed by atoms with Gasteiger partial charge in [0.1, 0.15) is 11.6 Å². The van der Waals surface area contributed by atoms with Gasteiger partial charge in [0.05, 0.1) is 5.92 Å². The monoisotopic (exact) mass is 286 g/mol. The highest BCUT2D eigenvalue weighted by molar-refractivity contribution is 5.93. The van der Waals surface area contributed by atoms with Crippen molar-refractivity contribution >= 4 is 11.6 Å². The van der Waals surface area contributed by atoms with Crippen LogP contribution in [0.1, 0.15) is 69.8 Å². The first-order valence-electron chi connectivity index (χ1n) is 8.30. The van der Waals surface area contributed by atoms with Crippen LogP contribution in [0.4, 0.5) is 0 Å². The zero-order valence-electron chi connectivity index (χ0n) is 13.0. The first-order valence-corrected chi connectivity index (χ1v) is 8.30. The maximum absolute atomic E-state index is 12.6. The first kappa shape index (κ1) is 15.9. The van der Waals surface area contributed by atoms with Gasteiger partial charge in [-0.3, -0.25) is 9.59 Å². The molecule has 0 saturated heterocycles. The van der Waals surface area contributed by atoms with Crippen LogP contribution < -0.4 is 0 Å². The Balaban J connectivity index is 2.21. The molecule has 1 aromatic carbocycles. The Bertz CT molecular complexity index is 464. The molecule has 0 radical (unpaired) electrons. The number of Topliss-reactive ketones (excluding diaryl/α,β-unsaturated/α-hetero) is 2. The van der Waals surface area contributed by atoms with Crippen LogP contribution in [0.15, 0.2) is 30.3 Å². The number of carbonyl (C=O) groups is 2. The van der Waals surface area contributed by atoms with Crippen LogP contribution >= 0.6 is 0 Å². The molecule has 0 aromatic heterocycles. The molecule has 0 heterocycles. The van der Waals surface area contributed by atoms with E-state index in [1.807, 2.05) is 37.3 Å². The summed E-state index contributed by atoms with van der Waals surface area (Å²) in [6, 6.07) is 9.83. The summed E-state index contributed by atoms with van der Waals surface area (Å²) in [5.41, 5.74) is 1.00. The van der Waals surface area contributed by atoms with Crippen molar-refractivity contribution in [2.75, 3.05) is 0 Å². The summed E-state index contributed by atoms with van der Waals surface area (Å²) in [6.45, 7) is 1.93. The molecule has 2 rings (SSSR count). The zero-order chi connectivity index (χ0) is 15.1. The van der Waals surface area contributed by atoms with Gasteiger partial charge in [-0.15, -0.1) is 0 Å². The molecular formula is C19H26O2. The minimum atomic E-state index is -0.252. The van der Waals surface area contributed by atoms with Crippen molar-refractivity contribution in [1.29, 1.82) is 0 Å². The molecule has 1 aliphatic rings. The van der Waals surface area contributed by atoms with Crippen molar-refractivity contribution in [3.8, 4) is 0 Å². The molecule has 21 heavy (non-hydrogen) atoms. The van der Waals surface area contributed by atoms with E-state index in [2.05, 4.69) is 0 Å². The third-order valence-electron chi connectivity index (χ3n) is 4.61. The first-order chi connectivity index (χ1) is 10.2. The van der Waals surface area contributed by atoms with E-state index < -0.39 is 0 Å². The third-order valence-corrected chi connectivity index (χ3v) is 4.61. The molecule has 0 aliphatic heterocycles. The largest absolute Gasteiger partial charge is 0.299 e. The van der Waals surface area contributed by atoms with Gasteiger partial charge < -0.3 is 0 Å². The van der Waals surface area contributed by atoms with Gasteiger partial charge in [0, 0.05) is 18.8 Å². The molecule has 0 N–H and O–H groups in total. The Labute approximate surface area is 127 Å². The van der Waals surface area contributed by atoms with E-state index in [1.165, 1.54) is 12.8 Å². The van der Waals surface area contributed by atoms with E-state index >= 15 is 0 Å². The Morgan fingerprint density at radius 3 is 1.90 bits per heavy atom. The molecule has 0 bridgehead atoms. The molecule has 2 nitrogen and oxygen atoms in total. The Kier molecular flexibility index (Phi) is 6.16. The van der Waals surface area contributed by atoms with E-state index in [1.54, 1.807) is 0 Å². The minimum Gasteiger partial charge on any atom is -0.299 e. The van der Waals surface area contributed by atoms with Crippen molar-refractivity contribution in [3.63, 3.8) is 0 Å². The fourth-order valence-electron chi connectivity index (χ4n) is 3.29. The van der Waals surface area contributed by atoms with Crippen LogP contribution in [-0.4, -0.2) is 11.6 Å². The van der Waals surface area contributed by atoms with Crippen LogP contribution in [0.5, 0.6) is 0 Å². The van der Waals surface area contributed by atoms with Crippen molar-refractivity contribution < 1.29 is 9.59 Å². The Morgan fingerprint density at radius 2 is 1.29 bits per heavy atom. The summed E-state index contributed by atoms with van der Waals surface area (Å²) in [5.74, 6) is 0.0397. The van der Waals surface area contributed by atoms with E-state index in [0.29, 0.717) is 12.8 Å². The van der Waals surface area contributed by atoms with E-state index in [-0.39, 0.29) is 23.4 Å². The molecule has 0 spiro atoms. The molecule has 2 heteroatoms. The number of hydrogen-bond donors (Lipinski definition) is 0. The lowest BCUT2D eigenvalue weighted by atomic mass is 9.78. The zero-order valence-corrected chi connectivity index (χ0v) is 13.0. The predicted molar refractivity (Wildman–Crippen MR) is 85.3 cm³/mol. The second-order valence-electron chi connectivity index (χ2n) is 6.23. The van der Waals surface area contributed by atoms with Gasteiger partial charge in [-0.2, -0.15) is 0 Å². The molecule has 1 fully saturated rings. The molecular weight excluding hydrogens is 260 g/mol. The molecule has 1 aliphatic carbocycles. The quantitative estimate of drug-likeness (QED) is 0.751. The number of hydrogen-bond acceptors (Lipinski definition) is 2. The SMILES string of the molecule is CC1C(=O)CCCCCCCCC(=O)C1c1ccccc1. The maximum atomic E-state index is 12.6. The third kappa shape index (κ3) is 4.52. The van der Waals surface area contributed by atoms with Crippen LogP contribution in [0.25, 0.3) is 0 Å². The van der Waals surface area contributed by atoms with Crippen LogP contribution in [0, 0.1) is 5.92 Å². The predicted octanol–water partition coefficient (Wildman–Crippen LogP) is 4.68. The van der Waals surface area contributed by atoms with Gasteiger partial charge >= 0.3 is 0 Å². The minimum absolute atomic E-state index is 0.195. The summed E-state index contributed by atoms with van der Waals surface area (Å²) in [6.07, 6.45) is 7.82. The topological polar surface area (TPSA) is 34.1 Å². The van der Waals surface area contributed by atoms with Gasteiger partial charge in [0.25, 0.3) is 0 Å². The van der Waals surface area contributed by atoms with Gasteiger partial charge in [-0.1, -0.05) is 62.9 Å². The normalized spacial score (nSPS) is 26.0. The molecule has 114 valence electrons. The van der Waals surface area contributed by atoms with E-state index in [9.17, 15) is 9.59 Å². The summed E-state index contributed by atoms with van der Waals surface area (Å²) >= 11 is 0. The van der Waals surface area contributed by atoms with Crippen LogP contribution in [-0.2, 0) is 9.59 Å². The van der Waals surface area contributed by atoms with Crippen molar-refractivity contribution in [2.24, 2.45) is 5.92 Å². The summed E-state index contributed by atoms with van der Waals surface area (Å²) in [7, 11) is 0. The van der Waals surface area contributed by atoms with Gasteiger partial charge in [0.2, 0.25) is 0 Å². The van der Waals surface area contributed by atoms with Crippen molar-refractivity contribution in [3.05, 3.63) is 35.9 Å². The highest BCUT2D eigenvalue weighted by Crippen LogP contribution is 2.30.